The van der Waals surface area contributed by atoms with E-state index < -0.39 is 0 Å². The third-order valence-electron chi connectivity index (χ3n) is 4.42. The average molecular weight is 353 g/mol. The number of amides is 1. The van der Waals surface area contributed by atoms with E-state index in [2.05, 4.69) is 11.0 Å². The van der Waals surface area contributed by atoms with Crippen LogP contribution in [0, 0.1) is 11.3 Å². The van der Waals surface area contributed by atoms with Crippen molar-refractivity contribution in [2.75, 3.05) is 31.1 Å². The molecule has 1 fully saturated rings. The maximum absolute atomic E-state index is 12.5. The van der Waals surface area contributed by atoms with Crippen LogP contribution in [0.2, 0.25) is 0 Å². The Labute approximate surface area is 151 Å². The number of anilines is 1. The number of carbonyl (C=O) groups excluding carboxylic acids is 2. The molecule has 5 nitrogen and oxygen atoms in total. The first-order valence-corrected chi connectivity index (χ1v) is 9.16. The van der Waals surface area contributed by atoms with Crippen LogP contribution in [0.4, 0.5) is 5.69 Å². The molecule has 1 amide bonds. The van der Waals surface area contributed by atoms with Crippen LogP contribution in [0.1, 0.15) is 39.6 Å². The lowest BCUT2D eigenvalue weighted by Gasteiger charge is -2.25. The Bertz CT molecular complexity index is 824. The molecule has 3 rings (SSSR count). The second kappa shape index (κ2) is 7.49. The summed E-state index contributed by atoms with van der Waals surface area (Å²) in [5.74, 6) is 0.0379. The van der Waals surface area contributed by atoms with Gasteiger partial charge in [0.05, 0.1) is 16.8 Å². The van der Waals surface area contributed by atoms with Gasteiger partial charge in [-0.25, -0.2) is 0 Å². The molecule has 2 heterocycles. The zero-order valence-corrected chi connectivity index (χ0v) is 14.9. The molecule has 2 aromatic rings. The third kappa shape index (κ3) is 3.72. The molecule has 0 aliphatic carbocycles. The minimum atomic E-state index is -0.0187. The molecule has 0 N–H and O–H groups in total. The van der Waals surface area contributed by atoms with Gasteiger partial charge >= 0.3 is 0 Å². The first-order chi connectivity index (χ1) is 12.1. The third-order valence-corrected chi connectivity index (χ3v) is 5.10. The van der Waals surface area contributed by atoms with Crippen LogP contribution in [-0.4, -0.2) is 42.8 Å². The topological polar surface area (TPSA) is 64.4 Å². The fourth-order valence-electron chi connectivity index (χ4n) is 3.04. The molecule has 1 aliphatic rings. The Kier molecular flexibility index (Phi) is 5.15. The summed E-state index contributed by atoms with van der Waals surface area (Å²) in [6.45, 7) is 4.22. The van der Waals surface area contributed by atoms with Crippen molar-refractivity contribution in [3.63, 3.8) is 0 Å². The molecule has 1 aliphatic heterocycles. The average Bonchev–Trinajstić information content (AvgIpc) is 3.05. The van der Waals surface area contributed by atoms with Crippen LogP contribution >= 0.6 is 11.3 Å². The molecule has 6 heteroatoms. The summed E-state index contributed by atoms with van der Waals surface area (Å²) >= 11 is 1.52. The molecular weight excluding hydrogens is 334 g/mol. The van der Waals surface area contributed by atoms with E-state index in [4.69, 9.17) is 0 Å². The minimum Gasteiger partial charge on any atom is -0.369 e. The number of hydrogen-bond acceptors (Lipinski definition) is 5. The lowest BCUT2D eigenvalue weighted by Crippen LogP contribution is -2.35. The zero-order valence-electron chi connectivity index (χ0n) is 14.1. The van der Waals surface area contributed by atoms with Crippen molar-refractivity contribution < 1.29 is 9.59 Å². The summed E-state index contributed by atoms with van der Waals surface area (Å²) in [6, 6.07) is 9.23. The molecule has 1 aromatic heterocycles. The molecule has 1 saturated heterocycles. The first kappa shape index (κ1) is 17.2. The number of benzene rings is 1. The molecule has 25 heavy (non-hydrogen) atoms. The van der Waals surface area contributed by atoms with E-state index in [-0.39, 0.29) is 11.7 Å². The van der Waals surface area contributed by atoms with Gasteiger partial charge in [0.15, 0.2) is 5.78 Å². The second-order valence-corrected chi connectivity index (χ2v) is 6.82. The number of nitrogens with zero attached hydrogens (tertiary/aromatic N) is 3. The van der Waals surface area contributed by atoms with E-state index in [1.165, 1.54) is 18.3 Å². The fraction of sp³-hybridized carbons (Fsp3) is 0.316. The fourth-order valence-corrected chi connectivity index (χ4v) is 3.67. The van der Waals surface area contributed by atoms with Gasteiger partial charge in [0.25, 0.3) is 5.91 Å². The largest absolute Gasteiger partial charge is 0.369 e. The Morgan fingerprint density at radius 2 is 1.96 bits per heavy atom. The molecule has 128 valence electrons. The van der Waals surface area contributed by atoms with Gasteiger partial charge in [-0.3, -0.25) is 9.59 Å². The van der Waals surface area contributed by atoms with Gasteiger partial charge in [0.1, 0.15) is 6.07 Å². The quantitative estimate of drug-likeness (QED) is 0.795. The number of nitriles is 1. The summed E-state index contributed by atoms with van der Waals surface area (Å²) in [4.78, 5) is 28.2. The highest BCUT2D eigenvalue weighted by Crippen LogP contribution is 2.24. The lowest BCUT2D eigenvalue weighted by atomic mass is 10.1. The molecule has 1 aromatic carbocycles. The molecular formula is C19H19N3O2S. The number of thiophene rings is 1. The first-order valence-electron chi connectivity index (χ1n) is 8.21. The summed E-state index contributed by atoms with van der Waals surface area (Å²) in [7, 11) is 0. The lowest BCUT2D eigenvalue weighted by molar-refractivity contribution is 0.0767. The summed E-state index contributed by atoms with van der Waals surface area (Å²) < 4.78 is 0. The van der Waals surface area contributed by atoms with E-state index in [0.29, 0.717) is 30.8 Å². The van der Waals surface area contributed by atoms with Crippen LogP contribution in [0.15, 0.2) is 35.0 Å². The smallest absolute Gasteiger partial charge is 0.254 e. The Morgan fingerprint density at radius 3 is 2.64 bits per heavy atom. The van der Waals surface area contributed by atoms with Crippen molar-refractivity contribution in [2.45, 2.75) is 13.3 Å². The van der Waals surface area contributed by atoms with Gasteiger partial charge < -0.3 is 9.80 Å². The van der Waals surface area contributed by atoms with Crippen LogP contribution in [0.25, 0.3) is 0 Å². The van der Waals surface area contributed by atoms with Crippen LogP contribution < -0.4 is 4.90 Å². The van der Waals surface area contributed by atoms with Gasteiger partial charge in [0, 0.05) is 37.1 Å². The van der Waals surface area contributed by atoms with Crippen molar-refractivity contribution in [3.05, 3.63) is 51.7 Å². The minimum absolute atomic E-state index is 0.0187. The predicted octanol–water partition coefficient (Wildman–Crippen LogP) is 3.17. The maximum Gasteiger partial charge on any atom is 0.254 e. The number of Topliss-reactive ketones (excluding diaryl/α,β-unsaturated/α-hetero) is 1. The van der Waals surface area contributed by atoms with Crippen molar-refractivity contribution in [1.29, 1.82) is 5.26 Å². The molecule has 0 radical (unpaired) electrons. The number of rotatable bonds is 3. The summed E-state index contributed by atoms with van der Waals surface area (Å²) in [5.41, 5.74) is 2.67. The summed E-state index contributed by atoms with van der Waals surface area (Å²) in [5, 5.41) is 13.2. The maximum atomic E-state index is 12.5. The SMILES string of the molecule is CC(=O)c1ccc(C#N)c(N2CCCN(C(=O)c3ccsc3)CC2)c1. The Morgan fingerprint density at radius 1 is 1.12 bits per heavy atom. The van der Waals surface area contributed by atoms with Crippen LogP contribution in [0.3, 0.4) is 0 Å². The molecule has 0 saturated carbocycles. The van der Waals surface area contributed by atoms with Gasteiger partial charge in [0.2, 0.25) is 0 Å². The van der Waals surface area contributed by atoms with Crippen molar-refractivity contribution in [3.8, 4) is 6.07 Å². The standard InChI is InChI=1S/C19H19N3O2S/c1-14(23)15-3-4-16(12-20)18(11-15)21-6-2-7-22(9-8-21)19(24)17-5-10-25-13-17/h3-5,10-11,13H,2,6-9H2,1H3. The van der Waals surface area contributed by atoms with E-state index in [1.807, 2.05) is 21.7 Å². The highest BCUT2D eigenvalue weighted by molar-refractivity contribution is 7.08. The van der Waals surface area contributed by atoms with E-state index >= 15 is 0 Å². The van der Waals surface area contributed by atoms with Gasteiger partial charge in [-0.2, -0.15) is 16.6 Å². The van der Waals surface area contributed by atoms with Crippen molar-refractivity contribution in [2.24, 2.45) is 0 Å². The molecule has 0 unspecified atom stereocenters. The van der Waals surface area contributed by atoms with Crippen LogP contribution in [0.5, 0.6) is 0 Å². The van der Waals surface area contributed by atoms with Crippen molar-refractivity contribution in [1.82, 2.24) is 4.90 Å². The molecule has 0 bridgehead atoms. The molecule has 0 atom stereocenters. The van der Waals surface area contributed by atoms with E-state index in [9.17, 15) is 14.9 Å². The van der Waals surface area contributed by atoms with E-state index in [0.717, 1.165) is 24.2 Å². The normalized spacial score (nSPS) is 14.7. The Hall–Kier alpha value is -2.65. The predicted molar refractivity (Wildman–Crippen MR) is 98.2 cm³/mol. The van der Waals surface area contributed by atoms with Crippen molar-refractivity contribution >= 4 is 28.7 Å². The number of carbonyl (C=O) groups is 2. The van der Waals surface area contributed by atoms with Gasteiger partial charge in [-0.05, 0) is 43.0 Å². The number of hydrogen-bond donors (Lipinski definition) is 0. The Balaban J connectivity index is 1.79. The highest BCUT2D eigenvalue weighted by atomic mass is 32.1. The molecule has 0 spiro atoms. The summed E-state index contributed by atoms with van der Waals surface area (Å²) in [6.07, 6.45) is 0.824. The van der Waals surface area contributed by atoms with Crippen LogP contribution in [-0.2, 0) is 0 Å². The number of ketones is 1. The monoisotopic (exact) mass is 353 g/mol. The zero-order chi connectivity index (χ0) is 17.8. The second-order valence-electron chi connectivity index (χ2n) is 6.04. The van der Waals surface area contributed by atoms with Gasteiger partial charge in [-0.1, -0.05) is 0 Å². The van der Waals surface area contributed by atoms with Gasteiger partial charge in [-0.15, -0.1) is 0 Å². The highest BCUT2D eigenvalue weighted by Gasteiger charge is 2.22. The van der Waals surface area contributed by atoms with E-state index in [1.54, 1.807) is 18.2 Å².